The summed E-state index contributed by atoms with van der Waals surface area (Å²) in [6, 6.07) is 6.80. The van der Waals surface area contributed by atoms with Gasteiger partial charge in [-0.3, -0.25) is 4.79 Å². The fourth-order valence-electron chi connectivity index (χ4n) is 2.33. The van der Waals surface area contributed by atoms with Gasteiger partial charge in [-0.05, 0) is 43.0 Å². The lowest BCUT2D eigenvalue weighted by atomic mass is 9.91. The average Bonchev–Trinajstić information content (AvgIpc) is 2.45. The third-order valence-corrected chi connectivity index (χ3v) is 3.39. The number of carbonyl (C=O) groups excluding carboxylic acids is 1. The molecule has 110 valence electrons. The topological polar surface area (TPSA) is 41.1 Å². The number of nitrogens with one attached hydrogen (secondary N) is 2. The SMILES string of the molecule is O=C(NCC(F)(F)F)c1ccc([C@H]2CCCNC2)cc1. The van der Waals surface area contributed by atoms with Crippen LogP contribution in [0.5, 0.6) is 0 Å². The van der Waals surface area contributed by atoms with E-state index >= 15 is 0 Å². The monoisotopic (exact) mass is 286 g/mol. The van der Waals surface area contributed by atoms with E-state index in [1.165, 1.54) is 0 Å². The Bertz CT molecular complexity index is 450. The molecule has 1 fully saturated rings. The zero-order valence-electron chi connectivity index (χ0n) is 11.0. The minimum atomic E-state index is -4.39. The van der Waals surface area contributed by atoms with Crippen molar-refractivity contribution in [2.45, 2.75) is 24.9 Å². The van der Waals surface area contributed by atoms with Crippen LogP contribution in [0, 0.1) is 0 Å². The highest BCUT2D eigenvalue weighted by Crippen LogP contribution is 2.23. The van der Waals surface area contributed by atoms with Crippen molar-refractivity contribution < 1.29 is 18.0 Å². The Morgan fingerprint density at radius 1 is 1.30 bits per heavy atom. The van der Waals surface area contributed by atoms with Crippen molar-refractivity contribution in [3.63, 3.8) is 0 Å². The number of piperidine rings is 1. The number of benzene rings is 1. The summed E-state index contributed by atoms with van der Waals surface area (Å²) in [5.41, 5.74) is 1.37. The maximum absolute atomic E-state index is 12.0. The number of alkyl halides is 3. The van der Waals surface area contributed by atoms with Gasteiger partial charge in [0.2, 0.25) is 0 Å². The molecule has 0 saturated carbocycles. The molecule has 0 aromatic heterocycles. The molecule has 1 aromatic carbocycles. The number of amides is 1. The Kier molecular flexibility index (Phi) is 4.65. The molecule has 1 heterocycles. The summed E-state index contributed by atoms with van der Waals surface area (Å²) in [4.78, 5) is 11.6. The molecule has 0 radical (unpaired) electrons. The minimum absolute atomic E-state index is 0.252. The molecule has 1 aliphatic rings. The molecule has 0 aliphatic carbocycles. The Balaban J connectivity index is 1.95. The first-order valence-electron chi connectivity index (χ1n) is 6.61. The number of hydrogen-bond acceptors (Lipinski definition) is 2. The van der Waals surface area contributed by atoms with Gasteiger partial charge in [0.1, 0.15) is 6.54 Å². The minimum Gasteiger partial charge on any atom is -0.343 e. The number of halogens is 3. The van der Waals surface area contributed by atoms with Crippen LogP contribution < -0.4 is 10.6 Å². The van der Waals surface area contributed by atoms with Crippen molar-refractivity contribution in [2.75, 3.05) is 19.6 Å². The van der Waals surface area contributed by atoms with Crippen LogP contribution in [0.3, 0.4) is 0 Å². The molecule has 20 heavy (non-hydrogen) atoms. The lowest BCUT2D eigenvalue weighted by Gasteiger charge is -2.23. The predicted molar refractivity (Wildman–Crippen MR) is 69.7 cm³/mol. The van der Waals surface area contributed by atoms with Gasteiger partial charge in [0, 0.05) is 12.1 Å². The van der Waals surface area contributed by atoms with Crippen LogP contribution >= 0.6 is 0 Å². The molecule has 0 unspecified atom stereocenters. The molecule has 0 spiro atoms. The fraction of sp³-hybridized carbons (Fsp3) is 0.500. The van der Waals surface area contributed by atoms with Gasteiger partial charge in [0.25, 0.3) is 5.91 Å². The van der Waals surface area contributed by atoms with Crippen molar-refractivity contribution in [3.8, 4) is 0 Å². The molecule has 1 saturated heterocycles. The largest absolute Gasteiger partial charge is 0.405 e. The first-order chi connectivity index (χ1) is 9.46. The normalized spacial score (nSPS) is 19.6. The van der Waals surface area contributed by atoms with Crippen molar-refractivity contribution in [2.24, 2.45) is 0 Å². The summed E-state index contributed by atoms with van der Waals surface area (Å²) in [7, 11) is 0. The fourth-order valence-corrected chi connectivity index (χ4v) is 2.33. The highest BCUT2D eigenvalue weighted by atomic mass is 19.4. The molecule has 3 nitrogen and oxygen atoms in total. The number of carbonyl (C=O) groups is 1. The summed E-state index contributed by atoms with van der Waals surface area (Å²) in [6.07, 6.45) is -2.19. The molecule has 1 atom stereocenters. The van der Waals surface area contributed by atoms with Gasteiger partial charge >= 0.3 is 6.18 Å². The van der Waals surface area contributed by atoms with Crippen molar-refractivity contribution >= 4 is 5.91 Å². The summed E-state index contributed by atoms with van der Waals surface area (Å²) < 4.78 is 36.1. The maximum atomic E-state index is 12.0. The molecular formula is C14H17F3N2O. The molecule has 2 rings (SSSR count). The molecular weight excluding hydrogens is 269 g/mol. The average molecular weight is 286 g/mol. The van der Waals surface area contributed by atoms with E-state index in [9.17, 15) is 18.0 Å². The van der Waals surface area contributed by atoms with Gasteiger partial charge in [0.15, 0.2) is 0 Å². The zero-order valence-corrected chi connectivity index (χ0v) is 11.0. The first-order valence-corrected chi connectivity index (χ1v) is 6.61. The van der Waals surface area contributed by atoms with Gasteiger partial charge in [0.05, 0.1) is 0 Å². The Morgan fingerprint density at radius 3 is 2.55 bits per heavy atom. The molecule has 0 bridgehead atoms. The van der Waals surface area contributed by atoms with E-state index in [2.05, 4.69) is 5.32 Å². The second-order valence-electron chi connectivity index (χ2n) is 4.96. The predicted octanol–water partition coefficient (Wildman–Crippen LogP) is 2.45. The molecule has 1 aliphatic heterocycles. The lowest BCUT2D eigenvalue weighted by Crippen LogP contribution is -2.33. The molecule has 1 amide bonds. The number of hydrogen-bond donors (Lipinski definition) is 2. The maximum Gasteiger partial charge on any atom is 0.405 e. The van der Waals surface area contributed by atoms with Gasteiger partial charge in [-0.1, -0.05) is 12.1 Å². The Hall–Kier alpha value is -1.56. The Labute approximate surface area is 115 Å². The highest BCUT2D eigenvalue weighted by Gasteiger charge is 2.27. The van der Waals surface area contributed by atoms with Gasteiger partial charge in [-0.25, -0.2) is 0 Å². The second-order valence-corrected chi connectivity index (χ2v) is 4.96. The van der Waals surface area contributed by atoms with E-state index in [4.69, 9.17) is 0 Å². The molecule has 2 N–H and O–H groups in total. The third kappa shape index (κ3) is 4.23. The quantitative estimate of drug-likeness (QED) is 0.896. The van der Waals surface area contributed by atoms with Crippen LogP contribution in [0.25, 0.3) is 0 Å². The van der Waals surface area contributed by atoms with E-state index in [0.717, 1.165) is 31.5 Å². The zero-order chi connectivity index (χ0) is 14.6. The van der Waals surface area contributed by atoms with E-state index in [1.807, 2.05) is 17.4 Å². The van der Waals surface area contributed by atoms with Crippen LogP contribution in [0.15, 0.2) is 24.3 Å². The lowest BCUT2D eigenvalue weighted by molar-refractivity contribution is -0.123. The second kappa shape index (κ2) is 6.26. The summed E-state index contributed by atoms with van der Waals surface area (Å²) >= 11 is 0. The smallest absolute Gasteiger partial charge is 0.343 e. The molecule has 1 aromatic rings. The van der Waals surface area contributed by atoms with Crippen LogP contribution in [0.2, 0.25) is 0 Å². The highest BCUT2D eigenvalue weighted by molar-refractivity contribution is 5.94. The van der Waals surface area contributed by atoms with Crippen LogP contribution in [-0.2, 0) is 0 Å². The van der Waals surface area contributed by atoms with Crippen LogP contribution in [0.4, 0.5) is 13.2 Å². The van der Waals surface area contributed by atoms with Gasteiger partial charge in [-0.2, -0.15) is 13.2 Å². The first kappa shape index (κ1) is 14.8. The Morgan fingerprint density at radius 2 is 2.00 bits per heavy atom. The van der Waals surface area contributed by atoms with Crippen molar-refractivity contribution in [3.05, 3.63) is 35.4 Å². The van der Waals surface area contributed by atoms with E-state index in [1.54, 1.807) is 12.1 Å². The van der Waals surface area contributed by atoms with Gasteiger partial charge < -0.3 is 10.6 Å². The standard InChI is InChI=1S/C14H17F3N2O/c15-14(16,17)9-19-13(20)11-5-3-10(4-6-11)12-2-1-7-18-8-12/h3-6,12,18H,1-2,7-9H2,(H,19,20)/t12-/m0/s1. The van der Waals surface area contributed by atoms with Crippen LogP contribution in [0.1, 0.15) is 34.7 Å². The number of rotatable bonds is 3. The third-order valence-electron chi connectivity index (χ3n) is 3.39. The van der Waals surface area contributed by atoms with Crippen LogP contribution in [-0.4, -0.2) is 31.7 Å². The van der Waals surface area contributed by atoms with E-state index < -0.39 is 18.6 Å². The van der Waals surface area contributed by atoms with Gasteiger partial charge in [-0.15, -0.1) is 0 Å². The summed E-state index contributed by atoms with van der Waals surface area (Å²) in [5, 5.41) is 5.16. The summed E-state index contributed by atoms with van der Waals surface area (Å²) in [6.45, 7) is 0.619. The van der Waals surface area contributed by atoms with Crippen molar-refractivity contribution in [1.29, 1.82) is 0 Å². The van der Waals surface area contributed by atoms with E-state index in [-0.39, 0.29) is 5.56 Å². The van der Waals surface area contributed by atoms with Crippen molar-refractivity contribution in [1.82, 2.24) is 10.6 Å². The van der Waals surface area contributed by atoms with E-state index in [0.29, 0.717) is 5.92 Å². The summed E-state index contributed by atoms with van der Waals surface area (Å²) in [5.74, 6) is -0.285. The molecule has 6 heteroatoms.